The molecular formula is C26H17F3N2O3. The molecule has 1 aromatic heterocycles. The van der Waals surface area contributed by atoms with Crippen molar-refractivity contribution >= 4 is 17.6 Å². The topological polar surface area (TPSA) is 79.3 Å². The maximum Gasteiger partial charge on any atom is 0.417 e. The van der Waals surface area contributed by atoms with Crippen molar-refractivity contribution in [1.29, 1.82) is 0 Å². The lowest BCUT2D eigenvalue weighted by molar-refractivity contribution is -0.137. The van der Waals surface area contributed by atoms with Crippen LogP contribution in [0.2, 0.25) is 0 Å². The second kappa shape index (κ2) is 9.19. The van der Waals surface area contributed by atoms with Crippen molar-refractivity contribution in [3.63, 3.8) is 0 Å². The van der Waals surface area contributed by atoms with Gasteiger partial charge in [0.05, 0.1) is 22.4 Å². The molecule has 0 saturated carbocycles. The lowest BCUT2D eigenvalue weighted by Crippen LogP contribution is -2.15. The van der Waals surface area contributed by atoms with Gasteiger partial charge >= 0.3 is 12.1 Å². The largest absolute Gasteiger partial charge is 0.478 e. The first-order valence-corrected chi connectivity index (χ1v) is 10.1. The number of alkyl halides is 3. The van der Waals surface area contributed by atoms with Gasteiger partial charge in [-0.3, -0.25) is 9.78 Å². The van der Waals surface area contributed by atoms with Gasteiger partial charge in [0.15, 0.2) is 0 Å². The van der Waals surface area contributed by atoms with E-state index in [0.29, 0.717) is 5.56 Å². The molecule has 34 heavy (non-hydrogen) atoms. The fourth-order valence-electron chi connectivity index (χ4n) is 3.53. The van der Waals surface area contributed by atoms with E-state index in [4.69, 9.17) is 0 Å². The van der Waals surface area contributed by atoms with E-state index in [0.717, 1.165) is 11.6 Å². The number of halogens is 3. The van der Waals surface area contributed by atoms with E-state index in [1.165, 1.54) is 42.6 Å². The molecule has 2 N–H and O–H groups in total. The second-order valence-corrected chi connectivity index (χ2v) is 7.39. The van der Waals surface area contributed by atoms with Gasteiger partial charge in [-0.15, -0.1) is 0 Å². The Morgan fingerprint density at radius 3 is 2.21 bits per heavy atom. The summed E-state index contributed by atoms with van der Waals surface area (Å²) < 4.78 is 40.4. The number of rotatable bonds is 5. The molecule has 0 bridgehead atoms. The van der Waals surface area contributed by atoms with Crippen LogP contribution < -0.4 is 5.32 Å². The number of carboxylic acid groups (broad SMARTS) is 1. The molecule has 8 heteroatoms. The van der Waals surface area contributed by atoms with Crippen LogP contribution in [0, 0.1) is 0 Å². The molecule has 4 aromatic rings. The quantitative estimate of drug-likeness (QED) is 0.360. The monoisotopic (exact) mass is 462 g/mol. The molecule has 0 spiro atoms. The molecule has 0 radical (unpaired) electrons. The first-order valence-electron chi connectivity index (χ1n) is 10.1. The third-order valence-electron chi connectivity index (χ3n) is 5.15. The predicted octanol–water partition coefficient (Wildman–Crippen LogP) is 6.38. The number of benzene rings is 3. The second-order valence-electron chi connectivity index (χ2n) is 7.39. The van der Waals surface area contributed by atoms with E-state index in [9.17, 15) is 27.9 Å². The Kier molecular flexibility index (Phi) is 6.14. The van der Waals surface area contributed by atoms with Crippen molar-refractivity contribution in [2.24, 2.45) is 0 Å². The summed E-state index contributed by atoms with van der Waals surface area (Å²) in [6.45, 7) is 0. The van der Waals surface area contributed by atoms with Crippen molar-refractivity contribution in [2.45, 2.75) is 6.18 Å². The number of hydrogen-bond acceptors (Lipinski definition) is 3. The van der Waals surface area contributed by atoms with Crippen molar-refractivity contribution in [1.82, 2.24) is 4.98 Å². The highest BCUT2D eigenvalue weighted by Gasteiger charge is 2.33. The normalized spacial score (nSPS) is 11.1. The number of anilines is 1. The van der Waals surface area contributed by atoms with Crippen LogP contribution in [-0.4, -0.2) is 22.0 Å². The molecule has 0 aliphatic rings. The van der Waals surface area contributed by atoms with Gasteiger partial charge < -0.3 is 10.4 Å². The third-order valence-corrected chi connectivity index (χ3v) is 5.15. The van der Waals surface area contributed by atoms with Gasteiger partial charge in [-0.05, 0) is 41.0 Å². The van der Waals surface area contributed by atoms with E-state index >= 15 is 0 Å². The Morgan fingerprint density at radius 1 is 0.794 bits per heavy atom. The van der Waals surface area contributed by atoms with Gasteiger partial charge in [0.1, 0.15) is 0 Å². The molecule has 170 valence electrons. The van der Waals surface area contributed by atoms with Crippen LogP contribution in [0.15, 0.2) is 91.3 Å². The third kappa shape index (κ3) is 4.80. The highest BCUT2D eigenvalue weighted by Crippen LogP contribution is 2.38. The number of aromatic nitrogens is 1. The summed E-state index contributed by atoms with van der Waals surface area (Å²) in [5.41, 5.74) is 0.417. The molecule has 5 nitrogen and oxygen atoms in total. The number of carbonyl (C=O) groups is 2. The molecule has 0 atom stereocenters. The van der Waals surface area contributed by atoms with Crippen LogP contribution >= 0.6 is 0 Å². The Hall–Kier alpha value is -4.46. The number of hydrogen-bond donors (Lipinski definition) is 2. The minimum atomic E-state index is -4.60. The van der Waals surface area contributed by atoms with Crippen molar-refractivity contribution < 1.29 is 27.9 Å². The van der Waals surface area contributed by atoms with Crippen LogP contribution in [0.3, 0.4) is 0 Å². The maximum absolute atomic E-state index is 13.5. The molecule has 1 amide bonds. The Balaban J connectivity index is 1.71. The summed E-state index contributed by atoms with van der Waals surface area (Å²) in [6, 6.07) is 19.5. The number of amides is 1. The number of pyridine rings is 1. The zero-order valence-electron chi connectivity index (χ0n) is 17.5. The Morgan fingerprint density at radius 2 is 1.50 bits per heavy atom. The van der Waals surface area contributed by atoms with E-state index in [1.807, 2.05) is 30.3 Å². The molecule has 4 rings (SSSR count). The number of carboxylic acids is 1. The van der Waals surface area contributed by atoms with Crippen molar-refractivity contribution in [3.8, 4) is 22.3 Å². The maximum atomic E-state index is 13.5. The van der Waals surface area contributed by atoms with Gasteiger partial charge in [0.2, 0.25) is 0 Å². The highest BCUT2D eigenvalue weighted by molar-refractivity contribution is 6.08. The molecule has 0 aliphatic carbocycles. The van der Waals surface area contributed by atoms with Crippen molar-refractivity contribution in [2.75, 3.05) is 5.32 Å². The highest BCUT2D eigenvalue weighted by atomic mass is 19.4. The molecule has 0 aliphatic heterocycles. The van der Waals surface area contributed by atoms with Crippen LogP contribution in [-0.2, 0) is 6.18 Å². The Labute approximate surface area is 192 Å². The van der Waals surface area contributed by atoms with E-state index in [1.54, 1.807) is 12.3 Å². The van der Waals surface area contributed by atoms with Crippen LogP contribution in [0.25, 0.3) is 22.3 Å². The summed E-state index contributed by atoms with van der Waals surface area (Å²) in [7, 11) is 0. The van der Waals surface area contributed by atoms with Gasteiger partial charge in [0.25, 0.3) is 5.91 Å². The molecule has 0 saturated heterocycles. The van der Waals surface area contributed by atoms with Crippen LogP contribution in [0.4, 0.5) is 18.9 Å². The number of nitrogens with one attached hydrogen (secondary N) is 1. The fourth-order valence-corrected chi connectivity index (χ4v) is 3.53. The lowest BCUT2D eigenvalue weighted by Gasteiger charge is -2.15. The summed E-state index contributed by atoms with van der Waals surface area (Å²) in [5.74, 6) is -1.98. The summed E-state index contributed by atoms with van der Waals surface area (Å²) in [5, 5.41) is 12.1. The average Bonchev–Trinajstić information content (AvgIpc) is 2.84. The van der Waals surface area contributed by atoms with Gasteiger partial charge in [-0.25, -0.2) is 4.79 Å². The fraction of sp³-hybridized carbons (Fsp3) is 0.0385. The molecule has 0 unspecified atom stereocenters. The smallest absolute Gasteiger partial charge is 0.417 e. The average molecular weight is 462 g/mol. The molecule has 3 aromatic carbocycles. The van der Waals surface area contributed by atoms with Gasteiger partial charge in [-0.2, -0.15) is 13.2 Å². The van der Waals surface area contributed by atoms with E-state index in [2.05, 4.69) is 10.3 Å². The first kappa shape index (κ1) is 22.7. The zero-order chi connectivity index (χ0) is 24.3. The van der Waals surface area contributed by atoms with E-state index < -0.39 is 23.6 Å². The Bertz CT molecular complexity index is 1370. The molecule has 0 fully saturated rings. The molecule has 1 heterocycles. The minimum absolute atomic E-state index is 0.115. The van der Waals surface area contributed by atoms with Crippen molar-refractivity contribution in [3.05, 3.63) is 108 Å². The summed E-state index contributed by atoms with van der Waals surface area (Å²) in [6.07, 6.45) is -1.69. The van der Waals surface area contributed by atoms with Crippen LogP contribution in [0.1, 0.15) is 26.3 Å². The van der Waals surface area contributed by atoms with Crippen LogP contribution in [0.5, 0.6) is 0 Å². The van der Waals surface area contributed by atoms with E-state index in [-0.39, 0.29) is 27.9 Å². The first-order chi connectivity index (χ1) is 16.2. The SMILES string of the molecule is O=C(Nc1cc(-c2ccccc2C(F)(F)F)ccc1C(=O)O)c1cncc(-c2ccccc2)c1. The standard InChI is InChI=1S/C26H17F3N2O3/c27-26(28,29)22-9-5-4-8-20(22)17-10-11-21(25(33)34)23(13-17)31-24(32)19-12-18(14-30-15-19)16-6-2-1-3-7-16/h1-15H,(H,31,32)(H,33,34). The molecular weight excluding hydrogens is 445 g/mol. The predicted molar refractivity (Wildman–Crippen MR) is 121 cm³/mol. The lowest BCUT2D eigenvalue weighted by atomic mass is 9.97. The zero-order valence-corrected chi connectivity index (χ0v) is 17.5. The number of aromatic carboxylic acids is 1. The number of nitrogens with zero attached hydrogens (tertiary/aromatic N) is 1. The summed E-state index contributed by atoms with van der Waals surface area (Å²) in [4.78, 5) is 28.7. The minimum Gasteiger partial charge on any atom is -0.478 e. The van der Waals surface area contributed by atoms with Gasteiger partial charge in [-0.1, -0.05) is 54.6 Å². The summed E-state index contributed by atoms with van der Waals surface area (Å²) >= 11 is 0. The number of carbonyl (C=O) groups excluding carboxylic acids is 1. The van der Waals surface area contributed by atoms with Gasteiger partial charge in [0, 0.05) is 18.0 Å².